The fourth-order valence-corrected chi connectivity index (χ4v) is 4.09. The highest BCUT2D eigenvalue weighted by molar-refractivity contribution is 5.85. The first kappa shape index (κ1) is 27.3. The zero-order valence-corrected chi connectivity index (χ0v) is 21.7. The van der Waals surface area contributed by atoms with E-state index in [9.17, 15) is 5.11 Å². The highest BCUT2D eigenvalue weighted by Gasteiger charge is 2.18. The van der Waals surface area contributed by atoms with Crippen molar-refractivity contribution in [3.63, 3.8) is 0 Å². The van der Waals surface area contributed by atoms with Gasteiger partial charge in [0, 0.05) is 13.1 Å². The van der Waals surface area contributed by atoms with Crippen LogP contribution in [0.4, 0.5) is 0 Å². The van der Waals surface area contributed by atoms with Gasteiger partial charge in [-0.3, -0.25) is 4.90 Å². The fourth-order valence-electron chi connectivity index (χ4n) is 4.09. The number of aliphatic hydroxyl groups is 1. The smallest absolute Gasteiger partial charge is 0.162 e. The van der Waals surface area contributed by atoms with Crippen molar-refractivity contribution in [1.29, 1.82) is 0 Å². The quantitative estimate of drug-likeness (QED) is 0.246. The molecule has 1 N–H and O–H groups in total. The number of halogens is 1. The van der Waals surface area contributed by atoms with Crippen LogP contribution in [0, 0.1) is 6.92 Å². The molecule has 4 aromatic rings. The molecule has 1 unspecified atom stereocenters. The molecular weight excluding hydrogens is 470 g/mol. The Balaban J connectivity index is 0.00000361. The summed E-state index contributed by atoms with van der Waals surface area (Å²) < 4.78 is 12.4. The van der Waals surface area contributed by atoms with Crippen LogP contribution in [0.2, 0.25) is 0 Å². The monoisotopic (exact) mass is 503 g/mol. The lowest BCUT2D eigenvalue weighted by atomic mass is 10.0. The summed E-state index contributed by atoms with van der Waals surface area (Å²) in [4.78, 5) is 2.13. The summed E-state index contributed by atoms with van der Waals surface area (Å²) in [5.41, 5.74) is 5.20. The zero-order valence-electron chi connectivity index (χ0n) is 20.8. The maximum Gasteiger partial charge on any atom is 0.162 e. The molecule has 0 aliphatic carbocycles. The lowest BCUT2D eigenvalue weighted by Crippen LogP contribution is -2.24. The standard InChI is InChI=1S/C31H33NO3.ClH/c1-24-18-30(34-22-26-14-8-4-9-15-26)31(35-23-27-16-10-5-11-17-27)19-28(24)29(33)21-32(2)20-25-12-6-3-7-13-25;/h3-19,29,33H,20-23H2,1-2H3;1H. The van der Waals surface area contributed by atoms with Crippen molar-refractivity contribution in [2.45, 2.75) is 32.8 Å². The van der Waals surface area contributed by atoms with Gasteiger partial charge in [0.2, 0.25) is 0 Å². The lowest BCUT2D eigenvalue weighted by molar-refractivity contribution is 0.122. The number of aryl methyl sites for hydroxylation is 1. The molecule has 36 heavy (non-hydrogen) atoms. The molecule has 0 spiro atoms. The average molecular weight is 504 g/mol. The van der Waals surface area contributed by atoms with E-state index in [1.807, 2.05) is 105 Å². The van der Waals surface area contributed by atoms with Crippen molar-refractivity contribution in [2.24, 2.45) is 0 Å². The molecule has 0 radical (unpaired) electrons. The van der Waals surface area contributed by atoms with E-state index >= 15 is 0 Å². The number of nitrogens with zero attached hydrogens (tertiary/aromatic N) is 1. The number of aliphatic hydroxyl groups excluding tert-OH is 1. The van der Waals surface area contributed by atoms with Crippen molar-refractivity contribution >= 4 is 12.4 Å². The van der Waals surface area contributed by atoms with Gasteiger partial charge in [0.25, 0.3) is 0 Å². The summed E-state index contributed by atoms with van der Waals surface area (Å²) in [5.74, 6) is 1.31. The molecule has 4 nitrogen and oxygen atoms in total. The normalized spacial score (nSPS) is 11.6. The summed E-state index contributed by atoms with van der Waals surface area (Å²) in [5, 5.41) is 11.1. The molecule has 0 aliphatic rings. The van der Waals surface area contributed by atoms with Crippen LogP contribution >= 0.6 is 12.4 Å². The first-order chi connectivity index (χ1) is 17.1. The van der Waals surface area contributed by atoms with Crippen molar-refractivity contribution < 1.29 is 14.6 Å². The number of hydrogen-bond donors (Lipinski definition) is 1. The van der Waals surface area contributed by atoms with Crippen LogP contribution in [0.1, 0.15) is 33.9 Å². The topological polar surface area (TPSA) is 41.9 Å². The van der Waals surface area contributed by atoms with Gasteiger partial charge in [-0.15, -0.1) is 12.4 Å². The molecule has 0 saturated carbocycles. The summed E-state index contributed by atoms with van der Waals surface area (Å²) in [6.07, 6.45) is -0.647. The molecule has 188 valence electrons. The van der Waals surface area contributed by atoms with Gasteiger partial charge in [0.05, 0.1) is 6.10 Å². The van der Waals surface area contributed by atoms with E-state index < -0.39 is 6.10 Å². The Morgan fingerprint density at radius 1 is 0.694 bits per heavy atom. The minimum absolute atomic E-state index is 0. The third kappa shape index (κ3) is 7.85. The van der Waals surface area contributed by atoms with E-state index in [1.54, 1.807) is 0 Å². The van der Waals surface area contributed by atoms with Crippen molar-refractivity contribution in [1.82, 2.24) is 4.90 Å². The minimum Gasteiger partial charge on any atom is -0.485 e. The zero-order chi connectivity index (χ0) is 24.5. The molecule has 0 amide bonds. The molecule has 0 fully saturated rings. The second kappa shape index (κ2) is 13.7. The van der Waals surface area contributed by atoms with Crippen LogP contribution in [0.5, 0.6) is 11.5 Å². The van der Waals surface area contributed by atoms with Crippen LogP contribution in [0.15, 0.2) is 103 Å². The SMILES string of the molecule is Cc1cc(OCc2ccccc2)c(OCc2ccccc2)cc1C(O)CN(C)Cc1ccccc1.Cl. The van der Waals surface area contributed by atoms with Gasteiger partial charge in [-0.2, -0.15) is 0 Å². The minimum atomic E-state index is -0.647. The molecule has 0 aromatic heterocycles. The summed E-state index contributed by atoms with van der Waals surface area (Å²) in [6.45, 7) is 4.16. The number of likely N-dealkylation sites (N-methyl/N-ethyl adjacent to an activating group) is 1. The second-order valence-corrected chi connectivity index (χ2v) is 8.90. The average Bonchev–Trinajstić information content (AvgIpc) is 2.88. The van der Waals surface area contributed by atoms with E-state index in [2.05, 4.69) is 17.0 Å². The van der Waals surface area contributed by atoms with Crippen molar-refractivity contribution in [3.05, 3.63) is 131 Å². The molecule has 0 bridgehead atoms. The van der Waals surface area contributed by atoms with Crippen LogP contribution in [-0.4, -0.2) is 23.6 Å². The van der Waals surface area contributed by atoms with Gasteiger partial charge in [-0.1, -0.05) is 91.0 Å². The first-order valence-electron chi connectivity index (χ1n) is 12.0. The molecule has 4 rings (SSSR count). The largest absolute Gasteiger partial charge is 0.485 e. The van der Waals surface area contributed by atoms with Crippen molar-refractivity contribution in [2.75, 3.05) is 13.6 Å². The Morgan fingerprint density at radius 2 is 1.14 bits per heavy atom. The van der Waals surface area contributed by atoms with Gasteiger partial charge >= 0.3 is 0 Å². The second-order valence-electron chi connectivity index (χ2n) is 8.90. The fraction of sp³-hybridized carbons (Fsp3) is 0.226. The summed E-state index contributed by atoms with van der Waals surface area (Å²) in [6, 6.07) is 34.3. The van der Waals surface area contributed by atoms with Gasteiger partial charge < -0.3 is 14.6 Å². The van der Waals surface area contributed by atoms with Gasteiger partial charge in [0.15, 0.2) is 11.5 Å². The Bertz CT molecular complexity index is 1190. The molecule has 4 aromatic carbocycles. The third-order valence-electron chi connectivity index (χ3n) is 5.95. The highest BCUT2D eigenvalue weighted by atomic mass is 35.5. The molecule has 0 heterocycles. The predicted molar refractivity (Wildman–Crippen MR) is 148 cm³/mol. The van der Waals surface area contributed by atoms with Crippen molar-refractivity contribution in [3.8, 4) is 11.5 Å². The van der Waals surface area contributed by atoms with E-state index in [-0.39, 0.29) is 12.4 Å². The van der Waals surface area contributed by atoms with Gasteiger partial charge in [-0.05, 0) is 53.9 Å². The predicted octanol–water partition coefficient (Wildman–Crippen LogP) is 6.74. The van der Waals surface area contributed by atoms with Crippen LogP contribution in [-0.2, 0) is 19.8 Å². The lowest BCUT2D eigenvalue weighted by Gasteiger charge is -2.23. The van der Waals surface area contributed by atoms with Crippen LogP contribution in [0.3, 0.4) is 0 Å². The van der Waals surface area contributed by atoms with Crippen LogP contribution in [0.25, 0.3) is 0 Å². The van der Waals surface area contributed by atoms with E-state index in [0.29, 0.717) is 31.3 Å². The number of hydrogen-bond acceptors (Lipinski definition) is 4. The van der Waals surface area contributed by atoms with E-state index in [1.165, 1.54) is 5.56 Å². The Kier molecular flexibility index (Phi) is 10.4. The van der Waals surface area contributed by atoms with Crippen LogP contribution < -0.4 is 9.47 Å². The third-order valence-corrected chi connectivity index (χ3v) is 5.95. The molecule has 0 aliphatic heterocycles. The Labute approximate surface area is 220 Å². The summed E-state index contributed by atoms with van der Waals surface area (Å²) >= 11 is 0. The number of benzene rings is 4. The maximum atomic E-state index is 11.1. The highest BCUT2D eigenvalue weighted by Crippen LogP contribution is 2.35. The van der Waals surface area contributed by atoms with E-state index in [0.717, 1.165) is 28.8 Å². The van der Waals surface area contributed by atoms with E-state index in [4.69, 9.17) is 9.47 Å². The number of rotatable bonds is 11. The van der Waals surface area contributed by atoms with Gasteiger partial charge in [-0.25, -0.2) is 0 Å². The summed E-state index contributed by atoms with van der Waals surface area (Å²) in [7, 11) is 2.02. The molecular formula is C31H34ClNO3. The first-order valence-corrected chi connectivity index (χ1v) is 12.0. The van der Waals surface area contributed by atoms with Gasteiger partial charge in [0.1, 0.15) is 13.2 Å². The number of ether oxygens (including phenoxy) is 2. The molecule has 5 heteroatoms. The maximum absolute atomic E-state index is 11.1. The molecule has 1 atom stereocenters. The Morgan fingerprint density at radius 3 is 1.64 bits per heavy atom. The molecule has 0 saturated heterocycles. The Hall–Kier alpha value is -3.31.